The minimum Gasteiger partial charge on any atom is -0.382 e. The van der Waals surface area contributed by atoms with Crippen molar-refractivity contribution in [2.75, 3.05) is 5.73 Å². The number of hydrogen-bond donors (Lipinski definition) is 1. The van der Waals surface area contributed by atoms with Crippen LogP contribution in [0.15, 0.2) is 40.5 Å². The molecule has 0 unspecified atom stereocenters. The molecule has 2 rings (SSSR count). The zero-order valence-corrected chi connectivity index (χ0v) is 9.60. The van der Waals surface area contributed by atoms with E-state index in [1.54, 1.807) is 12.1 Å². The van der Waals surface area contributed by atoms with Gasteiger partial charge in [0, 0.05) is 4.90 Å². The monoisotopic (exact) mass is 255 g/mol. The van der Waals surface area contributed by atoms with Crippen LogP contribution in [0.25, 0.3) is 0 Å². The van der Waals surface area contributed by atoms with Crippen molar-refractivity contribution in [3.05, 3.63) is 41.4 Å². The second-order valence-electron chi connectivity index (χ2n) is 2.94. The van der Waals surface area contributed by atoms with Gasteiger partial charge in [-0.2, -0.15) is 0 Å². The van der Waals surface area contributed by atoms with E-state index in [0.29, 0.717) is 9.92 Å². The summed E-state index contributed by atoms with van der Waals surface area (Å²) >= 11 is 7.16. The van der Waals surface area contributed by atoms with E-state index in [9.17, 15) is 4.39 Å². The second-order valence-corrected chi connectivity index (χ2v) is 4.38. The van der Waals surface area contributed by atoms with Crippen LogP contribution in [0.4, 0.5) is 10.2 Å². The van der Waals surface area contributed by atoms with E-state index < -0.39 is 0 Å². The highest BCUT2D eigenvalue weighted by atomic mass is 35.5. The summed E-state index contributed by atoms with van der Waals surface area (Å²) in [5.74, 6) is -0.0845. The molecule has 0 aliphatic rings. The standard InChI is InChI=1S/C10H7ClFN3S/c11-8-9(13)14-5-15-10(8)16-7-3-1-2-6(12)4-7/h1-5H,(H2,13,14,15). The third kappa shape index (κ3) is 2.43. The Hall–Kier alpha value is -1.33. The second kappa shape index (κ2) is 4.67. The van der Waals surface area contributed by atoms with E-state index in [4.69, 9.17) is 17.3 Å². The van der Waals surface area contributed by atoms with Gasteiger partial charge in [-0.3, -0.25) is 0 Å². The highest BCUT2D eigenvalue weighted by Gasteiger charge is 2.08. The summed E-state index contributed by atoms with van der Waals surface area (Å²) in [5, 5.41) is 0.802. The lowest BCUT2D eigenvalue weighted by atomic mass is 10.4. The molecular formula is C10H7ClFN3S. The maximum Gasteiger partial charge on any atom is 0.146 e. The Labute approximate surface area is 101 Å². The molecule has 6 heteroatoms. The van der Waals surface area contributed by atoms with Gasteiger partial charge in [0.1, 0.15) is 28.0 Å². The Morgan fingerprint density at radius 2 is 2.12 bits per heavy atom. The van der Waals surface area contributed by atoms with Crippen LogP contribution in [0.2, 0.25) is 5.02 Å². The molecule has 0 amide bonds. The largest absolute Gasteiger partial charge is 0.382 e. The lowest BCUT2D eigenvalue weighted by Crippen LogP contribution is -1.94. The van der Waals surface area contributed by atoms with E-state index in [2.05, 4.69) is 9.97 Å². The van der Waals surface area contributed by atoms with Crippen LogP contribution in [0.3, 0.4) is 0 Å². The van der Waals surface area contributed by atoms with E-state index in [1.807, 2.05) is 0 Å². The number of benzene rings is 1. The Bertz CT molecular complexity index is 521. The van der Waals surface area contributed by atoms with Gasteiger partial charge in [-0.1, -0.05) is 29.4 Å². The zero-order chi connectivity index (χ0) is 11.5. The molecular weight excluding hydrogens is 249 g/mol. The molecule has 0 saturated carbocycles. The van der Waals surface area contributed by atoms with Crippen molar-refractivity contribution in [1.82, 2.24) is 9.97 Å². The molecule has 0 aliphatic carbocycles. The zero-order valence-electron chi connectivity index (χ0n) is 8.02. The SMILES string of the molecule is Nc1ncnc(Sc2cccc(F)c2)c1Cl. The Balaban J connectivity index is 2.31. The average Bonchev–Trinajstić information content (AvgIpc) is 2.25. The predicted molar refractivity (Wildman–Crippen MR) is 62.0 cm³/mol. The number of hydrogen-bond acceptors (Lipinski definition) is 4. The third-order valence-corrected chi connectivity index (χ3v) is 3.27. The molecule has 0 spiro atoms. The molecule has 0 aliphatic heterocycles. The molecule has 3 nitrogen and oxygen atoms in total. The maximum absolute atomic E-state index is 12.9. The van der Waals surface area contributed by atoms with Crippen LogP contribution in [0.1, 0.15) is 0 Å². The van der Waals surface area contributed by atoms with E-state index in [-0.39, 0.29) is 16.7 Å². The van der Waals surface area contributed by atoms with E-state index in [1.165, 1.54) is 30.2 Å². The molecule has 0 atom stereocenters. The van der Waals surface area contributed by atoms with Crippen molar-refractivity contribution in [2.24, 2.45) is 0 Å². The van der Waals surface area contributed by atoms with Gasteiger partial charge < -0.3 is 5.73 Å². The lowest BCUT2D eigenvalue weighted by molar-refractivity contribution is 0.624. The van der Waals surface area contributed by atoms with Gasteiger partial charge in [0.25, 0.3) is 0 Å². The van der Waals surface area contributed by atoms with Crippen molar-refractivity contribution in [2.45, 2.75) is 9.92 Å². The molecule has 0 saturated heterocycles. The van der Waals surface area contributed by atoms with Crippen LogP contribution in [-0.2, 0) is 0 Å². The fourth-order valence-electron chi connectivity index (χ4n) is 1.08. The minimum atomic E-state index is -0.303. The normalized spacial score (nSPS) is 10.4. The molecule has 2 N–H and O–H groups in total. The van der Waals surface area contributed by atoms with Crippen LogP contribution in [0, 0.1) is 5.82 Å². The molecule has 16 heavy (non-hydrogen) atoms. The van der Waals surface area contributed by atoms with Gasteiger partial charge in [0.2, 0.25) is 0 Å². The topological polar surface area (TPSA) is 51.8 Å². The molecule has 0 radical (unpaired) electrons. The molecule has 2 aromatic rings. The van der Waals surface area contributed by atoms with Crippen LogP contribution in [-0.4, -0.2) is 9.97 Å². The van der Waals surface area contributed by atoms with Crippen molar-refractivity contribution in [3.63, 3.8) is 0 Å². The van der Waals surface area contributed by atoms with Gasteiger partial charge in [-0.15, -0.1) is 0 Å². The highest BCUT2D eigenvalue weighted by Crippen LogP contribution is 2.33. The number of halogens is 2. The molecule has 82 valence electrons. The average molecular weight is 256 g/mol. The lowest BCUT2D eigenvalue weighted by Gasteiger charge is -2.04. The molecule has 0 bridgehead atoms. The van der Waals surface area contributed by atoms with Crippen molar-refractivity contribution >= 4 is 29.2 Å². The van der Waals surface area contributed by atoms with Gasteiger partial charge in [0.05, 0.1) is 0 Å². The van der Waals surface area contributed by atoms with Crippen molar-refractivity contribution in [3.8, 4) is 0 Å². The van der Waals surface area contributed by atoms with Crippen molar-refractivity contribution in [1.29, 1.82) is 0 Å². The smallest absolute Gasteiger partial charge is 0.146 e. The number of anilines is 1. The molecule has 1 heterocycles. The first-order valence-corrected chi connectivity index (χ1v) is 5.55. The van der Waals surface area contributed by atoms with Crippen LogP contribution < -0.4 is 5.73 Å². The summed E-state index contributed by atoms with van der Waals surface area (Å²) in [5.41, 5.74) is 5.53. The first kappa shape index (κ1) is 11.2. The predicted octanol–water partition coefficient (Wildman–Crippen LogP) is 3.00. The van der Waals surface area contributed by atoms with E-state index >= 15 is 0 Å². The fourth-order valence-corrected chi connectivity index (χ4v) is 2.13. The maximum atomic E-state index is 12.9. The third-order valence-electron chi connectivity index (χ3n) is 1.80. The number of nitrogens with zero attached hydrogens (tertiary/aromatic N) is 2. The summed E-state index contributed by atoms with van der Waals surface area (Å²) in [7, 11) is 0. The van der Waals surface area contributed by atoms with Gasteiger partial charge in [0.15, 0.2) is 0 Å². The summed E-state index contributed by atoms with van der Waals surface area (Å²) < 4.78 is 12.9. The van der Waals surface area contributed by atoms with Crippen LogP contribution >= 0.6 is 23.4 Å². The summed E-state index contributed by atoms with van der Waals surface area (Å²) in [4.78, 5) is 8.44. The minimum absolute atomic E-state index is 0.218. The van der Waals surface area contributed by atoms with Crippen molar-refractivity contribution < 1.29 is 4.39 Å². The number of nitrogen functional groups attached to an aromatic ring is 1. The molecule has 1 aromatic carbocycles. The first-order valence-electron chi connectivity index (χ1n) is 4.36. The summed E-state index contributed by atoms with van der Waals surface area (Å²) in [6, 6.07) is 6.16. The Morgan fingerprint density at radius 1 is 1.31 bits per heavy atom. The summed E-state index contributed by atoms with van der Waals surface area (Å²) in [6.07, 6.45) is 1.32. The Morgan fingerprint density at radius 3 is 2.88 bits per heavy atom. The fraction of sp³-hybridized carbons (Fsp3) is 0. The molecule has 1 aromatic heterocycles. The number of nitrogens with two attached hydrogens (primary N) is 1. The number of aromatic nitrogens is 2. The number of rotatable bonds is 2. The quantitative estimate of drug-likeness (QED) is 0.838. The molecule has 0 fully saturated rings. The van der Waals surface area contributed by atoms with Crippen LogP contribution in [0.5, 0.6) is 0 Å². The Kier molecular flexibility index (Phi) is 3.26. The first-order chi connectivity index (χ1) is 7.66. The van der Waals surface area contributed by atoms with Gasteiger partial charge >= 0.3 is 0 Å². The van der Waals surface area contributed by atoms with Gasteiger partial charge in [-0.05, 0) is 18.2 Å². The van der Waals surface area contributed by atoms with E-state index in [0.717, 1.165) is 0 Å². The summed E-state index contributed by atoms with van der Waals surface area (Å²) in [6.45, 7) is 0. The highest BCUT2D eigenvalue weighted by molar-refractivity contribution is 7.99. The van der Waals surface area contributed by atoms with Gasteiger partial charge in [-0.25, -0.2) is 14.4 Å².